The number of ether oxygens (including phenoxy) is 1. The second-order valence-electron chi connectivity index (χ2n) is 2.96. The molecule has 0 aromatic carbocycles. The number of nitrogens with zero attached hydrogens (tertiary/aromatic N) is 1. The molecule has 0 bridgehead atoms. The Bertz CT molecular complexity index is 383. The van der Waals surface area contributed by atoms with Crippen LogP contribution >= 0.6 is 24.8 Å². The molecular formula is C8H14Cl2N4O3. The van der Waals surface area contributed by atoms with E-state index in [-0.39, 0.29) is 37.1 Å². The number of amides is 1. The van der Waals surface area contributed by atoms with E-state index in [9.17, 15) is 9.59 Å². The first-order chi connectivity index (χ1) is 7.04. The van der Waals surface area contributed by atoms with Crippen molar-refractivity contribution in [3.05, 3.63) is 17.7 Å². The number of nitrogens with two attached hydrogens (primary N) is 2. The lowest BCUT2D eigenvalue weighted by molar-refractivity contribution is -0.142. The van der Waals surface area contributed by atoms with Crippen LogP contribution in [0.25, 0.3) is 0 Å². The topological polar surface area (TPSA) is 124 Å². The van der Waals surface area contributed by atoms with Gasteiger partial charge in [0.15, 0.2) is 5.82 Å². The Hall–Kier alpha value is -1.31. The van der Waals surface area contributed by atoms with Crippen LogP contribution < -0.4 is 11.5 Å². The molecule has 1 aromatic rings. The average Bonchev–Trinajstić information content (AvgIpc) is 2.65. The van der Waals surface area contributed by atoms with Crippen molar-refractivity contribution in [2.24, 2.45) is 11.5 Å². The second-order valence-corrected chi connectivity index (χ2v) is 2.96. The highest BCUT2D eigenvalue weighted by Gasteiger charge is 2.16. The third-order valence-electron chi connectivity index (χ3n) is 1.81. The molecule has 9 heteroatoms. The number of carbonyl (C=O) groups excluding carboxylic acids is 2. The zero-order chi connectivity index (χ0) is 11.4. The van der Waals surface area contributed by atoms with Crippen molar-refractivity contribution < 1.29 is 14.3 Å². The predicted molar refractivity (Wildman–Crippen MR) is 65.3 cm³/mol. The van der Waals surface area contributed by atoms with Gasteiger partial charge in [-0.1, -0.05) is 0 Å². The number of aromatic amines is 1. The number of imidazole rings is 1. The maximum atomic E-state index is 11.0. The van der Waals surface area contributed by atoms with Crippen molar-refractivity contribution in [3.8, 4) is 0 Å². The van der Waals surface area contributed by atoms with Crippen LogP contribution in [-0.4, -0.2) is 35.0 Å². The monoisotopic (exact) mass is 284 g/mol. The molecule has 1 heterocycles. The van der Waals surface area contributed by atoms with E-state index in [2.05, 4.69) is 14.7 Å². The molecule has 0 aliphatic heterocycles. The molecule has 0 saturated carbocycles. The lowest BCUT2D eigenvalue weighted by atomic mass is 10.2. The van der Waals surface area contributed by atoms with E-state index >= 15 is 0 Å². The van der Waals surface area contributed by atoms with E-state index in [4.69, 9.17) is 11.5 Å². The summed E-state index contributed by atoms with van der Waals surface area (Å²) in [6, 6.07) is -0.781. The Morgan fingerprint density at radius 3 is 2.53 bits per heavy atom. The summed E-state index contributed by atoms with van der Waals surface area (Å²) in [6.07, 6.45) is 1.62. The van der Waals surface area contributed by atoms with Crippen molar-refractivity contribution in [3.63, 3.8) is 0 Å². The zero-order valence-electron chi connectivity index (χ0n) is 9.00. The summed E-state index contributed by atoms with van der Waals surface area (Å²) < 4.78 is 4.45. The van der Waals surface area contributed by atoms with Crippen LogP contribution in [0.3, 0.4) is 0 Å². The standard InChI is InChI=1S/C8H12N4O3.2ClH/c1-15-8(14)5(9)2-4-3-11-7(12-4)6(10)13;;/h3,5H,2,9H2,1H3,(H2,10,13)(H,11,12);2*1H/t5-;;/m0../s1. The van der Waals surface area contributed by atoms with Gasteiger partial charge in [0.05, 0.1) is 7.11 Å². The zero-order valence-corrected chi connectivity index (χ0v) is 10.6. The SMILES string of the molecule is COC(=O)[C@@H](N)Cc1cnc(C(N)=O)[nH]1.Cl.Cl. The highest BCUT2D eigenvalue weighted by Crippen LogP contribution is 2.00. The molecule has 0 aliphatic rings. The first-order valence-electron chi connectivity index (χ1n) is 4.21. The Labute approximate surface area is 110 Å². The molecule has 7 nitrogen and oxygen atoms in total. The molecule has 0 fully saturated rings. The van der Waals surface area contributed by atoms with Crippen LogP contribution in [0.1, 0.15) is 16.3 Å². The molecular weight excluding hydrogens is 271 g/mol. The summed E-state index contributed by atoms with van der Waals surface area (Å²) in [5.74, 6) is -1.14. The van der Waals surface area contributed by atoms with Gasteiger partial charge in [0.1, 0.15) is 6.04 Å². The molecule has 17 heavy (non-hydrogen) atoms. The normalized spacial score (nSPS) is 10.7. The van der Waals surface area contributed by atoms with Crippen LogP contribution in [0.15, 0.2) is 6.20 Å². The number of rotatable bonds is 4. The Morgan fingerprint density at radius 2 is 2.12 bits per heavy atom. The minimum Gasteiger partial charge on any atom is -0.468 e. The largest absolute Gasteiger partial charge is 0.468 e. The number of hydrogen-bond acceptors (Lipinski definition) is 5. The quantitative estimate of drug-likeness (QED) is 0.637. The van der Waals surface area contributed by atoms with Crippen LogP contribution in [0.5, 0.6) is 0 Å². The minimum absolute atomic E-state index is 0. The van der Waals surface area contributed by atoms with E-state index in [1.807, 2.05) is 0 Å². The van der Waals surface area contributed by atoms with Gasteiger partial charge in [-0.25, -0.2) is 4.98 Å². The van der Waals surface area contributed by atoms with Crippen LogP contribution in [-0.2, 0) is 16.0 Å². The molecule has 1 atom stereocenters. The maximum Gasteiger partial charge on any atom is 0.323 e. The molecule has 1 amide bonds. The highest BCUT2D eigenvalue weighted by atomic mass is 35.5. The number of esters is 1. The van der Waals surface area contributed by atoms with Crippen molar-refractivity contribution in [2.45, 2.75) is 12.5 Å². The number of nitrogens with one attached hydrogen (secondary N) is 1. The average molecular weight is 285 g/mol. The van der Waals surface area contributed by atoms with Gasteiger partial charge in [-0.2, -0.15) is 0 Å². The fourth-order valence-electron chi connectivity index (χ4n) is 1.06. The van der Waals surface area contributed by atoms with Gasteiger partial charge in [0.25, 0.3) is 5.91 Å². The van der Waals surface area contributed by atoms with E-state index in [1.165, 1.54) is 13.3 Å². The number of hydrogen-bond donors (Lipinski definition) is 3. The first-order valence-corrected chi connectivity index (χ1v) is 4.21. The van der Waals surface area contributed by atoms with Crippen molar-refractivity contribution >= 4 is 36.7 Å². The third kappa shape index (κ3) is 5.03. The highest BCUT2D eigenvalue weighted by molar-refractivity contribution is 5.88. The summed E-state index contributed by atoms with van der Waals surface area (Å²) >= 11 is 0. The molecule has 0 saturated heterocycles. The van der Waals surface area contributed by atoms with E-state index in [0.29, 0.717) is 5.69 Å². The third-order valence-corrected chi connectivity index (χ3v) is 1.81. The number of halogens is 2. The van der Waals surface area contributed by atoms with E-state index in [0.717, 1.165) is 0 Å². The Kier molecular flexibility index (Phi) is 8.38. The van der Waals surface area contributed by atoms with Gasteiger partial charge in [-0.05, 0) is 0 Å². The summed E-state index contributed by atoms with van der Waals surface area (Å²) in [5.41, 5.74) is 11.1. The molecule has 0 aliphatic carbocycles. The summed E-state index contributed by atoms with van der Waals surface area (Å²) in [5, 5.41) is 0. The van der Waals surface area contributed by atoms with Crippen LogP contribution in [0.2, 0.25) is 0 Å². The fraction of sp³-hybridized carbons (Fsp3) is 0.375. The van der Waals surface area contributed by atoms with Gasteiger partial charge < -0.3 is 21.2 Å². The van der Waals surface area contributed by atoms with Crippen molar-refractivity contribution in [1.29, 1.82) is 0 Å². The van der Waals surface area contributed by atoms with Crippen molar-refractivity contribution in [2.75, 3.05) is 7.11 Å². The number of carbonyl (C=O) groups is 2. The number of H-pyrrole nitrogens is 1. The molecule has 98 valence electrons. The fourth-order valence-corrected chi connectivity index (χ4v) is 1.06. The molecule has 1 aromatic heterocycles. The molecule has 0 unspecified atom stereocenters. The summed E-state index contributed by atoms with van der Waals surface area (Å²) in [4.78, 5) is 28.0. The molecule has 5 N–H and O–H groups in total. The van der Waals surface area contributed by atoms with Gasteiger partial charge in [-0.3, -0.25) is 9.59 Å². The van der Waals surface area contributed by atoms with Gasteiger partial charge in [-0.15, -0.1) is 24.8 Å². The number of aromatic nitrogens is 2. The van der Waals surface area contributed by atoms with E-state index in [1.54, 1.807) is 0 Å². The smallest absolute Gasteiger partial charge is 0.323 e. The number of primary amides is 1. The van der Waals surface area contributed by atoms with E-state index < -0.39 is 17.9 Å². The van der Waals surface area contributed by atoms with Gasteiger partial charge in [0, 0.05) is 18.3 Å². The van der Waals surface area contributed by atoms with Gasteiger partial charge >= 0.3 is 5.97 Å². The summed E-state index contributed by atoms with van der Waals surface area (Å²) in [6.45, 7) is 0. The minimum atomic E-state index is -0.781. The Balaban J connectivity index is 0. The van der Waals surface area contributed by atoms with Crippen LogP contribution in [0.4, 0.5) is 0 Å². The maximum absolute atomic E-state index is 11.0. The number of methoxy groups -OCH3 is 1. The second kappa shape index (κ2) is 7.88. The van der Waals surface area contributed by atoms with Crippen molar-refractivity contribution in [1.82, 2.24) is 9.97 Å². The first kappa shape index (κ1) is 18.1. The van der Waals surface area contributed by atoms with Crippen LogP contribution in [0, 0.1) is 0 Å². The lowest BCUT2D eigenvalue weighted by Crippen LogP contribution is -2.33. The predicted octanol–water partition coefficient (Wildman–Crippen LogP) is -0.605. The molecule has 0 radical (unpaired) electrons. The lowest BCUT2D eigenvalue weighted by Gasteiger charge is -2.06. The molecule has 1 rings (SSSR count). The molecule has 0 spiro atoms. The van der Waals surface area contributed by atoms with Gasteiger partial charge in [0.2, 0.25) is 0 Å². The Morgan fingerprint density at radius 1 is 1.53 bits per heavy atom. The summed E-state index contributed by atoms with van der Waals surface area (Å²) in [7, 11) is 1.25.